The Bertz CT molecular complexity index is 1020. The van der Waals surface area contributed by atoms with Crippen LogP contribution in [0.4, 0.5) is 5.13 Å². The van der Waals surface area contributed by atoms with Gasteiger partial charge in [0.2, 0.25) is 11.0 Å². The second-order valence-electron chi connectivity index (χ2n) is 5.59. The Hall–Kier alpha value is -3.01. The van der Waals surface area contributed by atoms with Gasteiger partial charge >= 0.3 is 11.7 Å². The van der Waals surface area contributed by atoms with Crippen LogP contribution in [-0.2, 0) is 11.3 Å². The van der Waals surface area contributed by atoms with E-state index in [0.717, 1.165) is 9.57 Å². The predicted octanol–water partition coefficient (Wildman–Crippen LogP) is 1.91. The molecule has 2 heterocycles. The van der Waals surface area contributed by atoms with Gasteiger partial charge in [-0.1, -0.05) is 25.2 Å². The van der Waals surface area contributed by atoms with Gasteiger partial charge in [-0.05, 0) is 18.2 Å². The number of hydrogen-bond acceptors (Lipinski definition) is 7. The molecule has 9 nitrogen and oxygen atoms in total. The number of aromatic nitrogens is 3. The summed E-state index contributed by atoms with van der Waals surface area (Å²) in [6.45, 7) is 3.60. The number of benzene rings is 1. The van der Waals surface area contributed by atoms with Crippen LogP contribution in [0.2, 0.25) is 0 Å². The summed E-state index contributed by atoms with van der Waals surface area (Å²) in [6.07, 6.45) is 0. The lowest BCUT2D eigenvalue weighted by Gasteiger charge is -2.03. The van der Waals surface area contributed by atoms with E-state index in [9.17, 15) is 14.4 Å². The smallest absolute Gasteiger partial charge is 0.420 e. The molecule has 0 radical (unpaired) electrons. The largest absolute Gasteiger partial charge is 0.478 e. The molecule has 0 bridgehead atoms. The van der Waals surface area contributed by atoms with E-state index < -0.39 is 17.6 Å². The molecule has 0 saturated heterocycles. The molecule has 0 aliphatic carbocycles. The van der Waals surface area contributed by atoms with Crippen LogP contribution in [0.15, 0.2) is 27.4 Å². The molecule has 0 atom stereocenters. The van der Waals surface area contributed by atoms with Gasteiger partial charge < -0.3 is 9.52 Å². The average Bonchev–Trinajstić information content (AvgIpc) is 3.12. The van der Waals surface area contributed by atoms with Gasteiger partial charge in [0.25, 0.3) is 0 Å². The van der Waals surface area contributed by atoms with Crippen LogP contribution in [0.25, 0.3) is 11.1 Å². The van der Waals surface area contributed by atoms with Gasteiger partial charge in [-0.2, -0.15) is 0 Å². The molecule has 2 N–H and O–H groups in total. The molecule has 1 amide bonds. The van der Waals surface area contributed by atoms with Gasteiger partial charge in [0.05, 0.1) is 11.1 Å². The number of fused-ring (bicyclic) bond motifs is 1. The van der Waals surface area contributed by atoms with Crippen molar-refractivity contribution in [3.63, 3.8) is 0 Å². The number of carboxylic acid groups (broad SMARTS) is 1. The molecule has 3 rings (SSSR count). The summed E-state index contributed by atoms with van der Waals surface area (Å²) in [6, 6.07) is 4.00. The molecule has 2 aromatic heterocycles. The number of carbonyl (C=O) groups is 2. The van der Waals surface area contributed by atoms with Crippen molar-refractivity contribution in [3.8, 4) is 0 Å². The van der Waals surface area contributed by atoms with E-state index in [4.69, 9.17) is 9.52 Å². The molecule has 0 aliphatic rings. The number of amides is 1. The van der Waals surface area contributed by atoms with Crippen LogP contribution in [0, 0.1) is 0 Å². The molecule has 130 valence electrons. The lowest BCUT2D eigenvalue weighted by Crippen LogP contribution is -2.24. The summed E-state index contributed by atoms with van der Waals surface area (Å²) < 4.78 is 6.10. The minimum absolute atomic E-state index is 0.00634. The van der Waals surface area contributed by atoms with Crippen LogP contribution < -0.4 is 11.1 Å². The normalized spacial score (nSPS) is 11.2. The van der Waals surface area contributed by atoms with Crippen molar-refractivity contribution >= 4 is 39.4 Å². The maximum absolute atomic E-state index is 12.2. The zero-order valence-electron chi connectivity index (χ0n) is 13.3. The highest BCUT2D eigenvalue weighted by Crippen LogP contribution is 2.22. The van der Waals surface area contributed by atoms with E-state index in [1.165, 1.54) is 29.5 Å². The molecular weight excluding hydrogens is 348 g/mol. The third-order valence-corrected chi connectivity index (χ3v) is 4.54. The second-order valence-corrected chi connectivity index (χ2v) is 6.60. The summed E-state index contributed by atoms with van der Waals surface area (Å²) in [5.41, 5.74) is 0.439. The number of hydrogen-bond donors (Lipinski definition) is 2. The van der Waals surface area contributed by atoms with Gasteiger partial charge in [-0.25, -0.2) is 9.59 Å². The minimum atomic E-state index is -1.14. The van der Waals surface area contributed by atoms with Gasteiger partial charge in [-0.3, -0.25) is 14.7 Å². The number of nitrogens with zero attached hydrogens (tertiary/aromatic N) is 3. The fourth-order valence-electron chi connectivity index (χ4n) is 2.17. The number of carboxylic acids is 1. The Kier molecular flexibility index (Phi) is 4.36. The number of carbonyl (C=O) groups excluding carboxylic acids is 1. The van der Waals surface area contributed by atoms with Crippen LogP contribution in [-0.4, -0.2) is 31.7 Å². The van der Waals surface area contributed by atoms with Crippen molar-refractivity contribution < 1.29 is 19.1 Å². The van der Waals surface area contributed by atoms with Crippen LogP contribution >= 0.6 is 11.3 Å². The number of nitrogens with one attached hydrogen (secondary N) is 1. The topological polar surface area (TPSA) is 127 Å². The van der Waals surface area contributed by atoms with Crippen LogP contribution in [0.1, 0.15) is 35.1 Å². The van der Waals surface area contributed by atoms with Crippen molar-refractivity contribution in [1.82, 2.24) is 14.8 Å². The molecule has 0 fully saturated rings. The molecular formula is C15H14N4O5S. The maximum Gasteiger partial charge on any atom is 0.420 e. The monoisotopic (exact) mass is 362 g/mol. The molecule has 25 heavy (non-hydrogen) atoms. The summed E-state index contributed by atoms with van der Waals surface area (Å²) in [4.78, 5) is 35.2. The third-order valence-electron chi connectivity index (χ3n) is 3.40. The van der Waals surface area contributed by atoms with Crippen LogP contribution in [0.5, 0.6) is 0 Å². The van der Waals surface area contributed by atoms with Crippen molar-refractivity contribution in [2.75, 3.05) is 5.32 Å². The first-order valence-corrected chi connectivity index (χ1v) is 8.16. The first kappa shape index (κ1) is 16.8. The maximum atomic E-state index is 12.2. The lowest BCUT2D eigenvalue weighted by atomic mass is 10.2. The summed E-state index contributed by atoms with van der Waals surface area (Å²) >= 11 is 1.25. The zero-order valence-corrected chi connectivity index (χ0v) is 14.2. The SMILES string of the molecule is CC(C)c1nnc(NC(=O)Cn2c(=O)oc3ccc(C(=O)O)cc32)s1. The number of aromatic carboxylic acids is 1. The number of anilines is 1. The molecule has 0 saturated carbocycles. The first-order chi connectivity index (χ1) is 11.8. The minimum Gasteiger partial charge on any atom is -0.478 e. The highest BCUT2D eigenvalue weighted by Gasteiger charge is 2.16. The highest BCUT2D eigenvalue weighted by molar-refractivity contribution is 7.15. The Morgan fingerprint density at radius 1 is 1.36 bits per heavy atom. The van der Waals surface area contributed by atoms with Crippen molar-refractivity contribution in [2.24, 2.45) is 0 Å². The fraction of sp³-hybridized carbons (Fsp3) is 0.267. The predicted molar refractivity (Wildman–Crippen MR) is 90.1 cm³/mol. The summed E-state index contributed by atoms with van der Waals surface area (Å²) in [7, 11) is 0. The van der Waals surface area contributed by atoms with E-state index in [1.54, 1.807) is 0 Å². The molecule has 1 aromatic carbocycles. The second kappa shape index (κ2) is 6.48. The lowest BCUT2D eigenvalue weighted by molar-refractivity contribution is -0.116. The van der Waals surface area contributed by atoms with E-state index in [-0.39, 0.29) is 29.1 Å². The van der Waals surface area contributed by atoms with Gasteiger partial charge in [-0.15, -0.1) is 10.2 Å². The first-order valence-electron chi connectivity index (χ1n) is 7.35. The quantitative estimate of drug-likeness (QED) is 0.709. The Labute approximate surface area is 144 Å². The zero-order chi connectivity index (χ0) is 18.1. The van der Waals surface area contributed by atoms with E-state index in [2.05, 4.69) is 15.5 Å². The highest BCUT2D eigenvalue weighted by atomic mass is 32.1. The fourth-order valence-corrected chi connectivity index (χ4v) is 2.93. The van der Waals surface area contributed by atoms with Crippen molar-refractivity contribution in [3.05, 3.63) is 39.3 Å². The Morgan fingerprint density at radius 3 is 2.76 bits per heavy atom. The molecule has 0 spiro atoms. The van der Waals surface area contributed by atoms with E-state index in [1.807, 2.05) is 13.8 Å². The summed E-state index contributed by atoms with van der Waals surface area (Å²) in [5.74, 6) is -2.18. The number of rotatable bonds is 5. The van der Waals surface area contributed by atoms with Gasteiger partial charge in [0, 0.05) is 5.92 Å². The Balaban J connectivity index is 1.85. The third kappa shape index (κ3) is 3.43. The van der Waals surface area contributed by atoms with Crippen LogP contribution in [0.3, 0.4) is 0 Å². The Morgan fingerprint density at radius 2 is 2.12 bits per heavy atom. The van der Waals surface area contributed by atoms with E-state index in [0.29, 0.717) is 5.13 Å². The molecule has 0 aliphatic heterocycles. The van der Waals surface area contributed by atoms with E-state index >= 15 is 0 Å². The van der Waals surface area contributed by atoms with Gasteiger partial charge in [0.15, 0.2) is 5.58 Å². The summed E-state index contributed by atoms with van der Waals surface area (Å²) in [5, 5.41) is 20.6. The van der Waals surface area contributed by atoms with Crippen molar-refractivity contribution in [2.45, 2.75) is 26.3 Å². The molecule has 3 aromatic rings. The standard InChI is InChI=1S/C15H14N4O5S/c1-7(2)12-17-18-14(25-12)16-11(20)6-19-9-5-8(13(21)22)3-4-10(9)24-15(19)23/h3-5,7H,6H2,1-2H3,(H,21,22)(H,16,18,20). The molecule has 0 unspecified atom stereocenters. The average molecular weight is 362 g/mol. The van der Waals surface area contributed by atoms with Gasteiger partial charge in [0.1, 0.15) is 11.6 Å². The van der Waals surface area contributed by atoms with Crippen molar-refractivity contribution in [1.29, 1.82) is 0 Å². The number of oxazole rings is 1. The molecule has 10 heteroatoms.